The lowest BCUT2D eigenvalue weighted by molar-refractivity contribution is -0.115. The van der Waals surface area contributed by atoms with Crippen LogP contribution in [0.3, 0.4) is 0 Å². The van der Waals surface area contributed by atoms with E-state index in [1.54, 1.807) is 11.8 Å². The second kappa shape index (κ2) is 9.65. The van der Waals surface area contributed by atoms with E-state index in [0.29, 0.717) is 16.6 Å². The third-order valence-corrected chi connectivity index (χ3v) is 6.08. The quantitative estimate of drug-likeness (QED) is 0.413. The topological polar surface area (TPSA) is 81.9 Å². The Hall–Kier alpha value is -3.65. The molecule has 1 heterocycles. The third kappa shape index (κ3) is 4.81. The summed E-state index contributed by atoms with van der Waals surface area (Å²) < 4.78 is 7.06. The second-order valence-electron chi connectivity index (χ2n) is 7.31. The molecule has 1 N–H and O–H groups in total. The van der Waals surface area contributed by atoms with Crippen LogP contribution in [0.1, 0.15) is 21.9 Å². The first-order chi connectivity index (χ1) is 15.5. The van der Waals surface area contributed by atoms with E-state index in [9.17, 15) is 4.79 Å². The SMILES string of the molecule is COc1ccc(C)cc1NC(=O)C(Sc1nnnn1-c1ccc(C)cc1)c1ccccc1. The summed E-state index contributed by atoms with van der Waals surface area (Å²) in [7, 11) is 1.58. The first-order valence-corrected chi connectivity index (χ1v) is 11.0. The molecule has 0 aliphatic carbocycles. The highest BCUT2D eigenvalue weighted by Gasteiger charge is 2.26. The van der Waals surface area contributed by atoms with Gasteiger partial charge in [-0.2, -0.15) is 4.68 Å². The standard InChI is InChI=1S/C24H23N5O2S/c1-16-9-12-19(13-10-16)29-24(26-27-28-29)32-22(18-7-5-4-6-8-18)23(30)25-20-15-17(2)11-14-21(20)31-3/h4-15,22H,1-3H3,(H,25,30). The van der Waals surface area contributed by atoms with Gasteiger partial charge < -0.3 is 10.1 Å². The number of anilines is 1. The molecule has 32 heavy (non-hydrogen) atoms. The molecule has 8 heteroatoms. The molecule has 162 valence electrons. The van der Waals surface area contributed by atoms with Crippen LogP contribution in [0.4, 0.5) is 5.69 Å². The van der Waals surface area contributed by atoms with Gasteiger partial charge in [0.2, 0.25) is 11.1 Å². The first-order valence-electron chi connectivity index (χ1n) is 10.1. The fourth-order valence-corrected chi connectivity index (χ4v) is 4.22. The van der Waals surface area contributed by atoms with Crippen LogP contribution in [-0.4, -0.2) is 33.2 Å². The summed E-state index contributed by atoms with van der Waals surface area (Å²) in [5.74, 6) is 0.411. The highest BCUT2D eigenvalue weighted by atomic mass is 32.2. The Morgan fingerprint density at radius 3 is 2.44 bits per heavy atom. The van der Waals surface area contributed by atoms with Crippen LogP contribution in [0.15, 0.2) is 78.0 Å². The maximum Gasteiger partial charge on any atom is 0.242 e. The van der Waals surface area contributed by atoms with E-state index in [1.165, 1.54) is 11.8 Å². The zero-order chi connectivity index (χ0) is 22.5. The van der Waals surface area contributed by atoms with Crippen molar-refractivity contribution >= 4 is 23.4 Å². The van der Waals surface area contributed by atoms with Gasteiger partial charge >= 0.3 is 0 Å². The minimum absolute atomic E-state index is 0.191. The van der Waals surface area contributed by atoms with E-state index < -0.39 is 5.25 Å². The summed E-state index contributed by atoms with van der Waals surface area (Å²) in [5, 5.41) is 15.1. The van der Waals surface area contributed by atoms with Gasteiger partial charge in [0.1, 0.15) is 11.0 Å². The highest BCUT2D eigenvalue weighted by molar-refractivity contribution is 8.00. The lowest BCUT2D eigenvalue weighted by atomic mass is 10.1. The fraction of sp³-hybridized carbons (Fsp3) is 0.167. The van der Waals surface area contributed by atoms with Gasteiger partial charge in [-0.25, -0.2) is 0 Å². The van der Waals surface area contributed by atoms with Gasteiger partial charge in [-0.1, -0.05) is 65.9 Å². The molecule has 0 fully saturated rings. The van der Waals surface area contributed by atoms with Gasteiger partial charge in [0.05, 0.1) is 18.5 Å². The van der Waals surface area contributed by atoms with Gasteiger partial charge in [0.15, 0.2) is 0 Å². The number of methoxy groups -OCH3 is 1. The summed E-state index contributed by atoms with van der Waals surface area (Å²) in [4.78, 5) is 13.4. The molecule has 0 aliphatic heterocycles. The third-order valence-electron chi connectivity index (χ3n) is 4.90. The van der Waals surface area contributed by atoms with Crippen molar-refractivity contribution in [1.82, 2.24) is 20.2 Å². The van der Waals surface area contributed by atoms with Crippen molar-refractivity contribution < 1.29 is 9.53 Å². The molecule has 4 aromatic rings. The highest BCUT2D eigenvalue weighted by Crippen LogP contribution is 2.36. The lowest BCUT2D eigenvalue weighted by Crippen LogP contribution is -2.20. The molecule has 0 aliphatic rings. The van der Waals surface area contributed by atoms with Gasteiger partial charge in [0, 0.05) is 0 Å². The summed E-state index contributed by atoms with van der Waals surface area (Å²) in [6, 6.07) is 23.1. The molecular weight excluding hydrogens is 422 g/mol. The number of aryl methyl sites for hydroxylation is 2. The maximum atomic E-state index is 13.4. The maximum absolute atomic E-state index is 13.4. The average molecular weight is 446 g/mol. The molecule has 0 radical (unpaired) electrons. The molecule has 1 amide bonds. The average Bonchev–Trinajstić information content (AvgIpc) is 3.27. The second-order valence-corrected chi connectivity index (χ2v) is 8.38. The van der Waals surface area contributed by atoms with Crippen LogP contribution in [-0.2, 0) is 4.79 Å². The van der Waals surface area contributed by atoms with Gasteiger partial charge in [-0.05, 0) is 59.7 Å². The molecular formula is C24H23N5O2S. The van der Waals surface area contributed by atoms with Crippen LogP contribution < -0.4 is 10.1 Å². The van der Waals surface area contributed by atoms with E-state index in [4.69, 9.17) is 4.74 Å². The molecule has 0 saturated heterocycles. The summed E-state index contributed by atoms with van der Waals surface area (Å²) >= 11 is 1.29. The number of thioether (sulfide) groups is 1. The molecule has 0 bridgehead atoms. The predicted octanol–water partition coefficient (Wildman–Crippen LogP) is 4.76. The van der Waals surface area contributed by atoms with Crippen LogP contribution in [0.5, 0.6) is 5.75 Å². The molecule has 1 aromatic heterocycles. The number of hydrogen-bond acceptors (Lipinski definition) is 6. The summed E-state index contributed by atoms with van der Waals surface area (Å²) in [5.41, 5.74) is 4.46. The summed E-state index contributed by atoms with van der Waals surface area (Å²) in [6.45, 7) is 3.99. The number of rotatable bonds is 7. The van der Waals surface area contributed by atoms with Crippen molar-refractivity contribution in [2.45, 2.75) is 24.3 Å². The number of nitrogens with zero attached hydrogens (tertiary/aromatic N) is 4. The zero-order valence-electron chi connectivity index (χ0n) is 18.0. The first kappa shape index (κ1) is 21.6. The van der Waals surface area contributed by atoms with Crippen molar-refractivity contribution in [3.8, 4) is 11.4 Å². The number of amides is 1. The summed E-state index contributed by atoms with van der Waals surface area (Å²) in [6.07, 6.45) is 0. The molecule has 3 aromatic carbocycles. The normalized spacial score (nSPS) is 11.7. The van der Waals surface area contributed by atoms with Crippen molar-refractivity contribution in [3.63, 3.8) is 0 Å². The molecule has 1 unspecified atom stereocenters. The number of nitrogens with one attached hydrogen (secondary N) is 1. The number of carbonyl (C=O) groups excluding carboxylic acids is 1. The van der Waals surface area contributed by atoms with E-state index in [1.807, 2.05) is 86.6 Å². The Morgan fingerprint density at radius 1 is 1.00 bits per heavy atom. The van der Waals surface area contributed by atoms with E-state index in [-0.39, 0.29) is 5.91 Å². The van der Waals surface area contributed by atoms with Crippen LogP contribution >= 0.6 is 11.8 Å². The van der Waals surface area contributed by atoms with Crippen LogP contribution in [0, 0.1) is 13.8 Å². The Morgan fingerprint density at radius 2 is 1.72 bits per heavy atom. The zero-order valence-corrected chi connectivity index (χ0v) is 18.8. The number of aromatic nitrogens is 4. The Bertz CT molecular complexity index is 1210. The van der Waals surface area contributed by atoms with Crippen LogP contribution in [0.25, 0.3) is 5.69 Å². The lowest BCUT2D eigenvalue weighted by Gasteiger charge is -2.18. The van der Waals surface area contributed by atoms with Gasteiger partial charge in [-0.3, -0.25) is 4.79 Å². The molecule has 4 rings (SSSR count). The van der Waals surface area contributed by atoms with E-state index >= 15 is 0 Å². The Kier molecular flexibility index (Phi) is 6.51. The smallest absolute Gasteiger partial charge is 0.242 e. The minimum Gasteiger partial charge on any atom is -0.495 e. The van der Waals surface area contributed by atoms with E-state index in [2.05, 4.69) is 20.8 Å². The van der Waals surface area contributed by atoms with Crippen molar-refractivity contribution in [1.29, 1.82) is 0 Å². The predicted molar refractivity (Wildman–Crippen MR) is 125 cm³/mol. The minimum atomic E-state index is -0.573. The van der Waals surface area contributed by atoms with Crippen LogP contribution in [0.2, 0.25) is 0 Å². The number of hydrogen-bond donors (Lipinski definition) is 1. The molecule has 7 nitrogen and oxygen atoms in total. The molecule has 0 spiro atoms. The fourth-order valence-electron chi connectivity index (χ4n) is 3.22. The molecule has 1 atom stereocenters. The van der Waals surface area contributed by atoms with Gasteiger partial charge in [0.25, 0.3) is 0 Å². The van der Waals surface area contributed by atoms with Gasteiger partial charge in [-0.15, -0.1) is 5.10 Å². The van der Waals surface area contributed by atoms with Crippen molar-refractivity contribution in [2.24, 2.45) is 0 Å². The number of carbonyl (C=O) groups is 1. The van der Waals surface area contributed by atoms with E-state index in [0.717, 1.165) is 22.4 Å². The van der Waals surface area contributed by atoms with Crippen molar-refractivity contribution in [2.75, 3.05) is 12.4 Å². The number of tetrazole rings is 1. The Balaban J connectivity index is 1.66. The number of ether oxygens (including phenoxy) is 1. The molecule has 0 saturated carbocycles. The monoisotopic (exact) mass is 445 g/mol. The Labute approximate surface area is 190 Å². The van der Waals surface area contributed by atoms with Crippen molar-refractivity contribution in [3.05, 3.63) is 89.5 Å². The number of benzene rings is 3. The largest absolute Gasteiger partial charge is 0.495 e.